The van der Waals surface area contributed by atoms with Gasteiger partial charge >= 0.3 is 0 Å². The van der Waals surface area contributed by atoms with Gasteiger partial charge in [-0.3, -0.25) is 9.69 Å². The molecule has 3 aromatic carbocycles. The molecule has 1 unspecified atom stereocenters. The Kier molecular flexibility index (Phi) is 5.60. The number of anilines is 2. The molecule has 4 heteroatoms. The lowest BCUT2D eigenvalue weighted by molar-refractivity contribution is 0.0999. The van der Waals surface area contributed by atoms with Crippen LogP contribution in [0.2, 0.25) is 0 Å². The second-order valence-corrected chi connectivity index (χ2v) is 8.51. The summed E-state index contributed by atoms with van der Waals surface area (Å²) in [6, 6.07) is 25.1. The Labute approximate surface area is 178 Å². The monoisotopic (exact) mass is 401 g/mol. The van der Waals surface area contributed by atoms with E-state index in [-0.39, 0.29) is 17.4 Å². The van der Waals surface area contributed by atoms with Gasteiger partial charge in [0.1, 0.15) is 18.5 Å². The second kappa shape index (κ2) is 8.33. The first-order valence-electron chi connectivity index (χ1n) is 10.3. The molecule has 4 rings (SSSR count). The fraction of sp³-hybridized carbons (Fsp3) is 0.269. The molecular formula is C26H27NO3. The summed E-state index contributed by atoms with van der Waals surface area (Å²) in [6.07, 6.45) is 0.164. The maximum Gasteiger partial charge on any atom is 0.262 e. The first-order chi connectivity index (χ1) is 14.4. The maximum absolute atomic E-state index is 13.7. The van der Waals surface area contributed by atoms with E-state index in [0.29, 0.717) is 12.2 Å². The minimum Gasteiger partial charge on any atom is -0.490 e. The van der Waals surface area contributed by atoms with E-state index in [1.54, 1.807) is 4.90 Å². The minimum atomic E-state index is -0.236. The van der Waals surface area contributed by atoms with E-state index in [1.165, 1.54) is 0 Å². The number of ether oxygens (including phenoxy) is 2. The fourth-order valence-electron chi connectivity index (χ4n) is 3.58. The Balaban J connectivity index is 1.85. The normalized spacial score (nSPS) is 15.5. The molecule has 30 heavy (non-hydrogen) atoms. The zero-order chi connectivity index (χ0) is 21.1. The lowest BCUT2D eigenvalue weighted by atomic mass is 9.84. The lowest BCUT2D eigenvalue weighted by Gasteiger charge is -2.32. The van der Waals surface area contributed by atoms with Gasteiger partial charge in [-0.15, -0.1) is 0 Å². The van der Waals surface area contributed by atoms with E-state index < -0.39 is 0 Å². The summed E-state index contributed by atoms with van der Waals surface area (Å²) < 4.78 is 11.4. The number of carbonyl (C=O) groups excluding carboxylic acids is 1. The molecule has 0 saturated carbocycles. The van der Waals surface area contributed by atoms with Crippen molar-refractivity contribution in [2.75, 3.05) is 18.1 Å². The number of carbonyl (C=O) groups is 1. The van der Waals surface area contributed by atoms with Crippen molar-refractivity contribution in [3.05, 3.63) is 90.0 Å². The largest absolute Gasteiger partial charge is 0.490 e. The van der Waals surface area contributed by atoms with Crippen LogP contribution in [0.5, 0.6) is 5.75 Å². The van der Waals surface area contributed by atoms with Gasteiger partial charge in [0.05, 0.1) is 12.3 Å². The molecule has 1 amide bonds. The molecular weight excluding hydrogens is 374 g/mol. The van der Waals surface area contributed by atoms with E-state index in [0.717, 1.165) is 29.3 Å². The van der Waals surface area contributed by atoms with Crippen molar-refractivity contribution >= 4 is 17.3 Å². The predicted molar refractivity (Wildman–Crippen MR) is 120 cm³/mol. The summed E-state index contributed by atoms with van der Waals surface area (Å²) in [7, 11) is 0. The first kappa shape index (κ1) is 20.2. The smallest absolute Gasteiger partial charge is 0.262 e. The van der Waals surface area contributed by atoms with Gasteiger partial charge in [-0.25, -0.2) is 0 Å². The number of para-hydroxylation sites is 1. The van der Waals surface area contributed by atoms with Crippen LogP contribution in [0.15, 0.2) is 78.9 Å². The summed E-state index contributed by atoms with van der Waals surface area (Å²) in [5.41, 5.74) is 3.05. The molecule has 0 spiro atoms. The van der Waals surface area contributed by atoms with Gasteiger partial charge < -0.3 is 9.47 Å². The highest BCUT2D eigenvalue weighted by molar-refractivity contribution is 6.11. The van der Waals surface area contributed by atoms with Crippen LogP contribution < -0.4 is 9.64 Å². The van der Waals surface area contributed by atoms with Crippen molar-refractivity contribution in [3.8, 4) is 5.75 Å². The van der Waals surface area contributed by atoms with Gasteiger partial charge in [0.15, 0.2) is 0 Å². The van der Waals surface area contributed by atoms with Crippen LogP contribution in [0, 0.1) is 0 Å². The Morgan fingerprint density at radius 2 is 1.60 bits per heavy atom. The summed E-state index contributed by atoms with van der Waals surface area (Å²) in [5, 5.41) is 0. The summed E-state index contributed by atoms with van der Waals surface area (Å²) >= 11 is 0. The molecule has 3 aromatic rings. The molecule has 0 aliphatic carbocycles. The molecule has 1 aliphatic rings. The highest BCUT2D eigenvalue weighted by Gasteiger charge is 2.31. The lowest BCUT2D eigenvalue weighted by Crippen LogP contribution is -2.29. The highest BCUT2D eigenvalue weighted by atomic mass is 16.6. The van der Waals surface area contributed by atoms with Crippen molar-refractivity contribution in [1.29, 1.82) is 0 Å². The molecule has 1 aliphatic heterocycles. The summed E-state index contributed by atoms with van der Waals surface area (Å²) in [4.78, 5) is 15.5. The van der Waals surface area contributed by atoms with Crippen LogP contribution in [-0.4, -0.2) is 25.2 Å². The zero-order valence-electron chi connectivity index (χ0n) is 17.7. The van der Waals surface area contributed by atoms with Crippen LogP contribution >= 0.6 is 0 Å². The van der Waals surface area contributed by atoms with E-state index >= 15 is 0 Å². The third kappa shape index (κ3) is 4.39. The van der Waals surface area contributed by atoms with Crippen LogP contribution in [0.4, 0.5) is 11.4 Å². The maximum atomic E-state index is 13.7. The van der Waals surface area contributed by atoms with Gasteiger partial charge in [0.25, 0.3) is 5.91 Å². The number of nitrogens with zero attached hydrogens (tertiary/aromatic N) is 1. The molecule has 0 aromatic heterocycles. The molecule has 154 valence electrons. The van der Waals surface area contributed by atoms with Crippen LogP contribution in [0.1, 0.15) is 36.7 Å². The topological polar surface area (TPSA) is 42.1 Å². The van der Waals surface area contributed by atoms with Crippen molar-refractivity contribution < 1.29 is 14.3 Å². The van der Waals surface area contributed by atoms with Crippen molar-refractivity contribution in [2.45, 2.75) is 32.3 Å². The second-order valence-electron chi connectivity index (χ2n) is 8.51. The predicted octanol–water partition coefficient (Wildman–Crippen LogP) is 5.74. The minimum absolute atomic E-state index is 0.0741. The average Bonchev–Trinajstić information content (AvgIpc) is 3.57. The fourth-order valence-corrected chi connectivity index (χ4v) is 3.58. The van der Waals surface area contributed by atoms with Gasteiger partial charge in [-0.1, -0.05) is 63.2 Å². The number of epoxide rings is 1. The van der Waals surface area contributed by atoms with E-state index in [2.05, 4.69) is 20.8 Å². The van der Waals surface area contributed by atoms with Gasteiger partial charge in [-0.05, 0) is 41.8 Å². The highest BCUT2D eigenvalue weighted by Crippen LogP contribution is 2.42. The molecule has 1 saturated heterocycles. The SMILES string of the molecule is CC(C)(C)c1c(OCC2CO2)cccc1N(C(=O)c1ccccc1)c1ccccc1. The third-order valence-electron chi connectivity index (χ3n) is 5.06. The van der Waals surface area contributed by atoms with Crippen LogP contribution in [-0.2, 0) is 10.2 Å². The van der Waals surface area contributed by atoms with Gasteiger partial charge in [0, 0.05) is 16.8 Å². The Morgan fingerprint density at radius 3 is 2.20 bits per heavy atom. The molecule has 0 radical (unpaired) electrons. The third-order valence-corrected chi connectivity index (χ3v) is 5.06. The van der Waals surface area contributed by atoms with E-state index in [1.807, 2.05) is 78.9 Å². The Morgan fingerprint density at radius 1 is 0.967 bits per heavy atom. The number of benzene rings is 3. The molecule has 1 heterocycles. The number of hydrogen-bond acceptors (Lipinski definition) is 3. The van der Waals surface area contributed by atoms with Crippen LogP contribution in [0.25, 0.3) is 0 Å². The number of hydrogen-bond donors (Lipinski definition) is 0. The quantitative estimate of drug-likeness (QED) is 0.495. The molecule has 0 bridgehead atoms. The zero-order valence-corrected chi connectivity index (χ0v) is 17.7. The first-order valence-corrected chi connectivity index (χ1v) is 10.3. The number of amides is 1. The van der Waals surface area contributed by atoms with Crippen LogP contribution in [0.3, 0.4) is 0 Å². The average molecular weight is 402 g/mol. The van der Waals surface area contributed by atoms with E-state index in [9.17, 15) is 4.79 Å². The van der Waals surface area contributed by atoms with Crippen molar-refractivity contribution in [1.82, 2.24) is 0 Å². The van der Waals surface area contributed by atoms with E-state index in [4.69, 9.17) is 9.47 Å². The molecule has 1 atom stereocenters. The van der Waals surface area contributed by atoms with Crippen molar-refractivity contribution in [2.24, 2.45) is 0 Å². The molecule has 0 N–H and O–H groups in total. The Bertz CT molecular complexity index is 1010. The Hall–Kier alpha value is -3.11. The summed E-state index contributed by atoms with van der Waals surface area (Å²) in [6.45, 7) is 7.69. The molecule has 4 nitrogen and oxygen atoms in total. The van der Waals surface area contributed by atoms with Gasteiger partial charge in [-0.2, -0.15) is 0 Å². The standard InChI is InChI=1S/C26H27NO3/c1-26(2,3)24-22(15-10-16-23(24)30-18-21-17-29-21)27(20-13-8-5-9-14-20)25(28)19-11-6-4-7-12-19/h4-16,21H,17-18H2,1-3H3. The summed E-state index contributed by atoms with van der Waals surface area (Å²) in [5.74, 6) is 0.715. The van der Waals surface area contributed by atoms with Crippen molar-refractivity contribution in [3.63, 3.8) is 0 Å². The number of rotatable bonds is 6. The van der Waals surface area contributed by atoms with Gasteiger partial charge in [0.2, 0.25) is 0 Å². The molecule has 1 fully saturated rings.